The molecule has 0 radical (unpaired) electrons. The first-order valence-corrected chi connectivity index (χ1v) is 22.7. The lowest BCUT2D eigenvalue weighted by Crippen LogP contribution is -2.63. The largest absolute Gasteiger partial charge is 0.372 e. The zero-order valence-corrected chi connectivity index (χ0v) is 31.6. The van der Waals surface area contributed by atoms with Crippen molar-refractivity contribution in [2.75, 3.05) is 0 Å². The zero-order valence-electron chi connectivity index (χ0n) is 31.6. The average Bonchev–Trinajstić information content (AvgIpc) is 3.72. The van der Waals surface area contributed by atoms with Gasteiger partial charge in [0.2, 0.25) is 0 Å². The summed E-state index contributed by atoms with van der Waals surface area (Å²) in [7, 11) is 0. The van der Waals surface area contributed by atoms with Gasteiger partial charge in [-0.1, -0.05) is 86.3 Å². The van der Waals surface area contributed by atoms with Gasteiger partial charge in [-0.2, -0.15) is 0 Å². The summed E-state index contributed by atoms with van der Waals surface area (Å²) in [6.07, 6.45) is 27.0. The molecule has 4 aliphatic heterocycles. The number of hydrogen-bond donors (Lipinski definition) is 0. The first-order valence-electron chi connectivity index (χ1n) is 22.7. The van der Waals surface area contributed by atoms with E-state index < -0.39 is 0 Å². The first kappa shape index (κ1) is 32.5. The molecule has 2 aromatic rings. The quantitative estimate of drug-likeness (QED) is 0.319. The van der Waals surface area contributed by atoms with E-state index in [4.69, 9.17) is 9.47 Å². The Morgan fingerprint density at radius 3 is 1.29 bits per heavy atom. The molecule has 4 nitrogen and oxygen atoms in total. The van der Waals surface area contributed by atoms with Crippen molar-refractivity contribution in [2.24, 2.45) is 35.5 Å². The maximum atomic E-state index is 7.23. The number of morpholine rings is 2. The SMILES string of the molecule is c1ccc(C2CC3OC4CCCCC4N4C5CCC(C6CCC7C(C6)C6CC(c8ccccc8)CC8OC9CCCCC9N7C86)CC5C(C2)C34)cc1. The van der Waals surface area contributed by atoms with Crippen LogP contribution in [0.5, 0.6) is 0 Å². The Labute approximate surface area is 313 Å². The van der Waals surface area contributed by atoms with Gasteiger partial charge in [-0.3, -0.25) is 9.80 Å². The minimum Gasteiger partial charge on any atom is -0.372 e. The normalized spacial score (nSPS) is 50.9. The van der Waals surface area contributed by atoms with Gasteiger partial charge in [-0.25, -0.2) is 0 Å². The van der Waals surface area contributed by atoms with Crippen LogP contribution in [0.1, 0.15) is 139 Å². The predicted molar refractivity (Wildman–Crippen MR) is 206 cm³/mol. The Kier molecular flexibility index (Phi) is 8.08. The highest BCUT2D eigenvalue weighted by Gasteiger charge is 2.64. The van der Waals surface area contributed by atoms with Crippen molar-refractivity contribution in [1.29, 1.82) is 0 Å². The molecule has 4 saturated heterocycles. The molecule has 10 aliphatic rings. The highest BCUT2D eigenvalue weighted by molar-refractivity contribution is 5.26. The van der Waals surface area contributed by atoms with Crippen LogP contribution >= 0.6 is 0 Å². The summed E-state index contributed by atoms with van der Waals surface area (Å²) in [5.41, 5.74) is 3.16. The molecule has 0 N–H and O–H groups in total. The van der Waals surface area contributed by atoms with E-state index in [1.165, 1.54) is 116 Å². The molecule has 6 aliphatic carbocycles. The lowest BCUT2D eigenvalue weighted by molar-refractivity contribution is -0.180. The van der Waals surface area contributed by atoms with E-state index in [0.29, 0.717) is 60.4 Å². The molecule has 278 valence electrons. The number of fused-ring (bicyclic) bond motifs is 10. The van der Waals surface area contributed by atoms with Crippen LogP contribution in [0, 0.1) is 35.5 Å². The molecule has 6 saturated carbocycles. The second kappa shape index (κ2) is 12.9. The number of hydrogen-bond acceptors (Lipinski definition) is 4. The lowest BCUT2D eigenvalue weighted by atomic mass is 9.60. The molecule has 10 fully saturated rings. The summed E-state index contributed by atoms with van der Waals surface area (Å²) in [6, 6.07) is 27.7. The molecule has 52 heavy (non-hydrogen) atoms. The average molecular weight is 701 g/mol. The molecule has 4 heteroatoms. The van der Waals surface area contributed by atoms with E-state index in [2.05, 4.69) is 70.5 Å². The summed E-state index contributed by atoms with van der Waals surface area (Å²) in [6.45, 7) is 0. The van der Waals surface area contributed by atoms with E-state index in [-0.39, 0.29) is 0 Å². The second-order valence-corrected chi connectivity index (χ2v) is 20.1. The topological polar surface area (TPSA) is 24.9 Å². The van der Waals surface area contributed by atoms with E-state index in [1.54, 1.807) is 11.1 Å². The van der Waals surface area contributed by atoms with Gasteiger partial charge in [0.05, 0.1) is 24.4 Å². The van der Waals surface area contributed by atoms with Crippen molar-refractivity contribution in [1.82, 2.24) is 9.80 Å². The fourth-order valence-electron chi connectivity index (χ4n) is 16.4. The Morgan fingerprint density at radius 1 is 0.385 bits per heavy atom. The molecule has 0 amide bonds. The van der Waals surface area contributed by atoms with E-state index >= 15 is 0 Å². The van der Waals surface area contributed by atoms with Crippen LogP contribution in [-0.4, -0.2) is 70.5 Å². The zero-order chi connectivity index (χ0) is 33.9. The van der Waals surface area contributed by atoms with Gasteiger partial charge >= 0.3 is 0 Å². The van der Waals surface area contributed by atoms with Crippen molar-refractivity contribution >= 4 is 0 Å². The van der Waals surface area contributed by atoms with Crippen molar-refractivity contribution in [3.63, 3.8) is 0 Å². The molecule has 12 rings (SSSR count). The molecule has 0 bridgehead atoms. The summed E-state index contributed by atoms with van der Waals surface area (Å²) in [4.78, 5) is 6.40. The van der Waals surface area contributed by atoms with E-state index in [1.807, 2.05) is 0 Å². The van der Waals surface area contributed by atoms with Crippen LogP contribution in [0.3, 0.4) is 0 Å². The fourth-order valence-corrected chi connectivity index (χ4v) is 16.4. The second-order valence-electron chi connectivity index (χ2n) is 20.1. The Morgan fingerprint density at radius 2 is 0.827 bits per heavy atom. The smallest absolute Gasteiger partial charge is 0.0743 e. The minimum absolute atomic E-state index is 0.446. The molecule has 0 aromatic heterocycles. The predicted octanol–water partition coefficient (Wildman–Crippen LogP) is 9.73. The summed E-state index contributed by atoms with van der Waals surface area (Å²) in [5.74, 6) is 6.61. The lowest BCUT2D eigenvalue weighted by Gasteiger charge is -2.54. The van der Waals surface area contributed by atoms with Crippen LogP contribution < -0.4 is 0 Å². The standard InChI is InChI=1S/C48H64N2O2/c1-3-11-29(12-4-1)33-25-37-35-23-31(19-21-39(35)49-41-15-7-9-17-43(41)51-45(27-33)47(37)49)32-20-22-40-36(24-32)38-26-34(30-13-5-2-6-14-30)28-46-48(38)50(40)42-16-8-10-18-44(42)52-46/h1-6,11-14,31-48H,7-10,15-28H2. The van der Waals surface area contributed by atoms with Crippen molar-refractivity contribution in [3.8, 4) is 0 Å². The molecule has 2 aromatic carbocycles. The molecule has 0 spiro atoms. The summed E-state index contributed by atoms with van der Waals surface area (Å²) < 4.78 is 14.5. The monoisotopic (exact) mass is 700 g/mol. The highest BCUT2D eigenvalue weighted by Crippen LogP contribution is 2.62. The maximum absolute atomic E-state index is 7.23. The third-order valence-electron chi connectivity index (χ3n) is 18.2. The van der Waals surface area contributed by atoms with Crippen molar-refractivity contribution in [2.45, 2.75) is 188 Å². The summed E-state index contributed by atoms with van der Waals surface area (Å²) >= 11 is 0. The van der Waals surface area contributed by atoms with Crippen LogP contribution in [0.2, 0.25) is 0 Å². The van der Waals surface area contributed by atoms with Crippen molar-refractivity contribution in [3.05, 3.63) is 71.8 Å². The van der Waals surface area contributed by atoms with Gasteiger partial charge < -0.3 is 9.47 Å². The van der Waals surface area contributed by atoms with Gasteiger partial charge in [-0.15, -0.1) is 0 Å². The van der Waals surface area contributed by atoms with E-state index in [9.17, 15) is 0 Å². The number of benzene rings is 2. The van der Waals surface area contributed by atoms with Crippen molar-refractivity contribution < 1.29 is 9.47 Å². The third kappa shape index (κ3) is 5.04. The van der Waals surface area contributed by atoms with Crippen LogP contribution in [-0.2, 0) is 9.47 Å². The number of ether oxygens (including phenoxy) is 2. The van der Waals surface area contributed by atoms with Crippen LogP contribution in [0.4, 0.5) is 0 Å². The summed E-state index contributed by atoms with van der Waals surface area (Å²) in [5, 5.41) is 0. The Hall–Kier alpha value is -1.72. The van der Waals surface area contributed by atoms with Gasteiger partial charge in [0.1, 0.15) is 0 Å². The fraction of sp³-hybridized carbons (Fsp3) is 0.750. The van der Waals surface area contributed by atoms with Gasteiger partial charge in [0.15, 0.2) is 0 Å². The number of rotatable bonds is 3. The van der Waals surface area contributed by atoms with Crippen LogP contribution in [0.25, 0.3) is 0 Å². The van der Waals surface area contributed by atoms with Gasteiger partial charge in [-0.05, 0) is 148 Å². The molecule has 18 atom stereocenters. The Bertz CT molecular complexity index is 1470. The first-order chi connectivity index (χ1) is 25.8. The molecular weight excluding hydrogens is 637 g/mol. The molecule has 18 unspecified atom stereocenters. The van der Waals surface area contributed by atoms with Gasteiger partial charge in [0.25, 0.3) is 0 Å². The third-order valence-corrected chi connectivity index (χ3v) is 18.2. The maximum Gasteiger partial charge on any atom is 0.0743 e. The molecule has 4 heterocycles. The van der Waals surface area contributed by atoms with Crippen LogP contribution in [0.15, 0.2) is 60.7 Å². The highest BCUT2D eigenvalue weighted by atomic mass is 16.5. The molecular formula is C48H64N2O2. The minimum atomic E-state index is 0.446. The van der Waals surface area contributed by atoms with Gasteiger partial charge in [0, 0.05) is 36.3 Å². The van der Waals surface area contributed by atoms with E-state index in [0.717, 1.165) is 47.6 Å². The Balaban J connectivity index is 0.829. The number of nitrogens with zero attached hydrogens (tertiary/aromatic N) is 2.